The van der Waals surface area contributed by atoms with Crippen LogP contribution in [0.25, 0.3) is 0 Å². The zero-order valence-electron chi connectivity index (χ0n) is 21.4. The van der Waals surface area contributed by atoms with Crippen LogP contribution in [-0.4, -0.2) is 115 Å². The van der Waals surface area contributed by atoms with Crippen LogP contribution < -0.4 is 0 Å². The van der Waals surface area contributed by atoms with Crippen molar-refractivity contribution in [2.75, 3.05) is 19.0 Å². The third-order valence-corrected chi connectivity index (χ3v) is 8.23. The van der Waals surface area contributed by atoms with Crippen LogP contribution in [0.3, 0.4) is 0 Å². The van der Waals surface area contributed by atoms with E-state index in [9.17, 15) is 35.7 Å². The molecule has 0 aliphatic carbocycles. The molecule has 0 radical (unpaired) electrons. The summed E-state index contributed by atoms with van der Waals surface area (Å²) in [6.07, 6.45) is 1.04. The Morgan fingerprint density at radius 1 is 0.611 bits per heavy atom. The summed E-state index contributed by atoms with van der Waals surface area (Å²) in [5.74, 6) is 0.738. The van der Waals surface area contributed by atoms with Gasteiger partial charge in [-0.15, -0.1) is 11.8 Å². The van der Waals surface area contributed by atoms with Crippen molar-refractivity contribution in [3.05, 3.63) is 0 Å². The number of rotatable bonds is 17. The molecule has 0 unspecified atom stereocenters. The quantitative estimate of drug-likeness (QED) is 0.129. The van der Waals surface area contributed by atoms with Crippen LogP contribution >= 0.6 is 11.8 Å². The van der Waals surface area contributed by atoms with E-state index in [1.165, 1.54) is 69.5 Å². The molecule has 0 aromatic heterocycles. The van der Waals surface area contributed by atoms with Gasteiger partial charge in [0.05, 0.1) is 13.2 Å². The Morgan fingerprint density at radius 3 is 1.72 bits per heavy atom. The van der Waals surface area contributed by atoms with Gasteiger partial charge in [0.15, 0.2) is 6.29 Å². The Morgan fingerprint density at radius 2 is 1.17 bits per heavy atom. The first-order chi connectivity index (χ1) is 17.3. The lowest BCUT2D eigenvalue weighted by Crippen LogP contribution is -2.64. The van der Waals surface area contributed by atoms with Crippen LogP contribution in [0.4, 0.5) is 0 Å². The molecule has 0 bridgehead atoms. The minimum atomic E-state index is -1.67. The monoisotopic (exact) mass is 540 g/mol. The SMILES string of the molecule is CCCCCCCCCCCCCS[C@@H]1O[C@H](CO)[C@@H](O[C@H]2O[C@H](CO)[C@@H](O)[C@H](O)[C@H]2O)[C@H](O)[C@H]1O. The average Bonchev–Trinajstić information content (AvgIpc) is 2.88. The Balaban J connectivity index is 1.71. The van der Waals surface area contributed by atoms with E-state index in [1.807, 2.05) is 0 Å². The first kappa shape index (κ1) is 32.2. The van der Waals surface area contributed by atoms with E-state index in [0.717, 1.165) is 18.6 Å². The summed E-state index contributed by atoms with van der Waals surface area (Å²) in [6.45, 7) is 1.09. The molecule has 0 amide bonds. The smallest absolute Gasteiger partial charge is 0.187 e. The largest absolute Gasteiger partial charge is 0.394 e. The molecule has 0 spiro atoms. The van der Waals surface area contributed by atoms with Gasteiger partial charge in [0.25, 0.3) is 0 Å². The van der Waals surface area contributed by atoms with Crippen molar-refractivity contribution < 1.29 is 50.0 Å². The Labute approximate surface area is 219 Å². The van der Waals surface area contributed by atoms with Gasteiger partial charge in [0, 0.05) is 0 Å². The standard InChI is InChI=1S/C25H48O10S/c1-2-3-4-5-6-7-8-9-10-11-12-13-36-25-22(32)20(30)23(17(15-27)34-25)35-24-21(31)19(29)18(28)16(14-26)33-24/h16-32H,2-15H2,1H3/t16-,17-,18-,19+,20-,21-,22-,23-,24-,25+/m1/s1. The van der Waals surface area contributed by atoms with Gasteiger partial charge in [-0.3, -0.25) is 0 Å². The van der Waals surface area contributed by atoms with E-state index in [1.54, 1.807) is 0 Å². The third kappa shape index (κ3) is 9.60. The zero-order valence-corrected chi connectivity index (χ0v) is 22.3. The number of thioether (sulfide) groups is 1. The Bertz CT molecular complexity index is 569. The molecule has 0 aromatic rings. The maximum absolute atomic E-state index is 10.7. The summed E-state index contributed by atoms with van der Waals surface area (Å²) in [6, 6.07) is 0. The third-order valence-electron chi connectivity index (χ3n) is 6.99. The molecule has 2 fully saturated rings. The summed E-state index contributed by atoms with van der Waals surface area (Å²) < 4.78 is 16.7. The summed E-state index contributed by atoms with van der Waals surface area (Å²) in [5, 5.41) is 70.5. The number of unbranched alkanes of at least 4 members (excludes halogenated alkanes) is 10. The topological polar surface area (TPSA) is 169 Å². The van der Waals surface area contributed by atoms with Gasteiger partial charge in [-0.1, -0.05) is 71.1 Å². The van der Waals surface area contributed by atoms with Gasteiger partial charge in [0.1, 0.15) is 54.3 Å². The van der Waals surface area contributed by atoms with Crippen molar-refractivity contribution in [1.82, 2.24) is 0 Å². The highest BCUT2D eigenvalue weighted by Crippen LogP contribution is 2.33. The van der Waals surface area contributed by atoms with Crippen LogP contribution in [-0.2, 0) is 14.2 Å². The van der Waals surface area contributed by atoms with Crippen LogP contribution in [0, 0.1) is 0 Å². The fraction of sp³-hybridized carbons (Fsp3) is 1.00. The van der Waals surface area contributed by atoms with Crippen molar-refractivity contribution in [1.29, 1.82) is 0 Å². The molecular formula is C25H48O10S. The van der Waals surface area contributed by atoms with Crippen LogP contribution in [0.2, 0.25) is 0 Å². The van der Waals surface area contributed by atoms with Gasteiger partial charge in [-0.25, -0.2) is 0 Å². The molecule has 0 saturated carbocycles. The second-order valence-corrected chi connectivity index (χ2v) is 11.1. The van der Waals surface area contributed by atoms with E-state index in [4.69, 9.17) is 14.2 Å². The zero-order chi connectivity index (χ0) is 26.5. The van der Waals surface area contributed by atoms with Crippen molar-refractivity contribution >= 4 is 11.8 Å². The fourth-order valence-corrected chi connectivity index (χ4v) is 5.84. The molecule has 10 atom stereocenters. The number of aliphatic hydroxyl groups excluding tert-OH is 7. The number of aliphatic hydroxyl groups is 7. The van der Waals surface area contributed by atoms with Crippen molar-refractivity contribution in [3.8, 4) is 0 Å². The van der Waals surface area contributed by atoms with E-state index in [2.05, 4.69) is 6.92 Å². The summed E-state index contributed by atoms with van der Waals surface area (Å²) in [4.78, 5) is 0. The molecule has 2 aliphatic heterocycles. The number of ether oxygens (including phenoxy) is 3. The molecule has 36 heavy (non-hydrogen) atoms. The van der Waals surface area contributed by atoms with Crippen LogP contribution in [0.1, 0.15) is 77.6 Å². The second kappa shape index (κ2) is 17.5. The first-order valence-electron chi connectivity index (χ1n) is 13.6. The minimum absolute atomic E-state index is 0.513. The van der Waals surface area contributed by atoms with Gasteiger partial charge < -0.3 is 50.0 Å². The van der Waals surface area contributed by atoms with Gasteiger partial charge >= 0.3 is 0 Å². The molecule has 2 aliphatic rings. The van der Waals surface area contributed by atoms with Crippen molar-refractivity contribution in [3.63, 3.8) is 0 Å². The molecule has 11 heteroatoms. The molecule has 0 aromatic carbocycles. The highest BCUT2D eigenvalue weighted by atomic mass is 32.2. The lowest BCUT2D eigenvalue weighted by Gasteiger charge is -2.46. The molecular weight excluding hydrogens is 492 g/mol. The van der Waals surface area contributed by atoms with Gasteiger partial charge in [0.2, 0.25) is 0 Å². The summed E-state index contributed by atoms with van der Waals surface area (Å²) >= 11 is 1.38. The minimum Gasteiger partial charge on any atom is -0.394 e. The number of hydrogen-bond acceptors (Lipinski definition) is 11. The van der Waals surface area contributed by atoms with E-state index >= 15 is 0 Å². The van der Waals surface area contributed by atoms with E-state index in [-0.39, 0.29) is 0 Å². The molecule has 2 heterocycles. The molecule has 7 N–H and O–H groups in total. The van der Waals surface area contributed by atoms with Gasteiger partial charge in [-0.05, 0) is 12.2 Å². The number of hydrogen-bond donors (Lipinski definition) is 7. The Kier molecular flexibility index (Phi) is 15.7. The predicted molar refractivity (Wildman–Crippen MR) is 135 cm³/mol. The molecule has 2 rings (SSSR count). The highest BCUT2D eigenvalue weighted by Gasteiger charge is 2.50. The molecule has 2 saturated heterocycles. The van der Waals surface area contributed by atoms with Crippen LogP contribution in [0.5, 0.6) is 0 Å². The van der Waals surface area contributed by atoms with E-state index < -0.39 is 73.8 Å². The van der Waals surface area contributed by atoms with Gasteiger partial charge in [-0.2, -0.15) is 0 Å². The first-order valence-corrected chi connectivity index (χ1v) is 14.6. The summed E-state index contributed by atoms with van der Waals surface area (Å²) in [5.41, 5.74) is -0.755. The lowest BCUT2D eigenvalue weighted by molar-refractivity contribution is -0.338. The maximum Gasteiger partial charge on any atom is 0.187 e. The van der Waals surface area contributed by atoms with Crippen molar-refractivity contribution in [2.45, 2.75) is 138 Å². The average molecular weight is 541 g/mol. The lowest BCUT2D eigenvalue weighted by atomic mass is 9.97. The van der Waals surface area contributed by atoms with Crippen LogP contribution in [0.15, 0.2) is 0 Å². The highest BCUT2D eigenvalue weighted by molar-refractivity contribution is 7.99. The Hall–Kier alpha value is -0.0500. The summed E-state index contributed by atoms with van der Waals surface area (Å²) in [7, 11) is 0. The molecule has 214 valence electrons. The second-order valence-electron chi connectivity index (χ2n) is 9.91. The molecule has 10 nitrogen and oxygen atoms in total. The van der Waals surface area contributed by atoms with E-state index in [0.29, 0.717) is 0 Å². The normalized spacial score (nSPS) is 37.3. The van der Waals surface area contributed by atoms with Crippen molar-refractivity contribution in [2.24, 2.45) is 0 Å². The maximum atomic E-state index is 10.7. The predicted octanol–water partition coefficient (Wildman–Crippen LogP) is 0.655. The fourth-order valence-electron chi connectivity index (χ4n) is 4.66.